The maximum absolute atomic E-state index is 11.9. The molecule has 0 saturated carbocycles. The predicted octanol–water partition coefficient (Wildman–Crippen LogP) is 0.368. The molecular formula is C14H22N4O. The highest BCUT2D eigenvalue weighted by Crippen LogP contribution is 2.18. The summed E-state index contributed by atoms with van der Waals surface area (Å²) < 4.78 is 0. The minimum Gasteiger partial charge on any atom is -0.355 e. The van der Waals surface area contributed by atoms with Crippen molar-refractivity contribution >= 4 is 5.91 Å². The zero-order chi connectivity index (χ0) is 13.5. The van der Waals surface area contributed by atoms with Gasteiger partial charge < -0.3 is 11.1 Å². The normalized spacial score (nSPS) is 20.2. The topological polar surface area (TPSA) is 71.2 Å². The van der Waals surface area contributed by atoms with Gasteiger partial charge in [-0.05, 0) is 31.5 Å². The van der Waals surface area contributed by atoms with E-state index in [2.05, 4.69) is 15.2 Å². The van der Waals surface area contributed by atoms with Crippen LogP contribution in [0.3, 0.4) is 0 Å². The molecule has 0 spiro atoms. The lowest BCUT2D eigenvalue weighted by atomic mass is 9.97. The van der Waals surface area contributed by atoms with Gasteiger partial charge in [0.05, 0.1) is 11.6 Å². The SMILES string of the molecule is NCCNC(=O)C1CCCN(Cc2ccccn2)C1. The summed E-state index contributed by atoms with van der Waals surface area (Å²) in [6, 6.07) is 5.94. The van der Waals surface area contributed by atoms with Gasteiger partial charge in [-0.2, -0.15) is 0 Å². The van der Waals surface area contributed by atoms with E-state index in [1.165, 1.54) is 0 Å². The Morgan fingerprint density at radius 2 is 2.42 bits per heavy atom. The fourth-order valence-electron chi connectivity index (χ4n) is 2.47. The van der Waals surface area contributed by atoms with E-state index >= 15 is 0 Å². The van der Waals surface area contributed by atoms with E-state index in [9.17, 15) is 4.79 Å². The van der Waals surface area contributed by atoms with Crippen LogP contribution in [0.5, 0.6) is 0 Å². The number of rotatable bonds is 5. The van der Waals surface area contributed by atoms with Crippen LogP contribution in [0.1, 0.15) is 18.5 Å². The predicted molar refractivity (Wildman–Crippen MR) is 74.3 cm³/mol. The first-order valence-electron chi connectivity index (χ1n) is 6.89. The molecule has 1 aliphatic heterocycles. The molecular weight excluding hydrogens is 240 g/mol. The quantitative estimate of drug-likeness (QED) is 0.804. The molecule has 5 nitrogen and oxygen atoms in total. The minimum absolute atomic E-state index is 0.0870. The molecule has 104 valence electrons. The number of nitrogens with one attached hydrogen (secondary N) is 1. The fraction of sp³-hybridized carbons (Fsp3) is 0.571. The number of hydrogen-bond donors (Lipinski definition) is 2. The zero-order valence-electron chi connectivity index (χ0n) is 11.2. The van der Waals surface area contributed by atoms with Crippen LogP contribution in [-0.2, 0) is 11.3 Å². The van der Waals surface area contributed by atoms with Crippen molar-refractivity contribution in [3.8, 4) is 0 Å². The maximum atomic E-state index is 11.9. The van der Waals surface area contributed by atoms with Gasteiger partial charge in [0.1, 0.15) is 0 Å². The van der Waals surface area contributed by atoms with E-state index in [4.69, 9.17) is 5.73 Å². The molecule has 1 fully saturated rings. The van der Waals surface area contributed by atoms with Gasteiger partial charge in [-0.15, -0.1) is 0 Å². The zero-order valence-corrected chi connectivity index (χ0v) is 11.2. The molecule has 0 aromatic carbocycles. The van der Waals surface area contributed by atoms with Crippen LogP contribution in [0.25, 0.3) is 0 Å². The van der Waals surface area contributed by atoms with Crippen molar-refractivity contribution in [3.63, 3.8) is 0 Å². The van der Waals surface area contributed by atoms with Gasteiger partial charge in [0.25, 0.3) is 0 Å². The lowest BCUT2D eigenvalue weighted by Crippen LogP contribution is -2.43. The Kier molecular flexibility index (Phi) is 5.30. The van der Waals surface area contributed by atoms with E-state index in [-0.39, 0.29) is 11.8 Å². The number of carbonyl (C=O) groups is 1. The highest BCUT2D eigenvalue weighted by atomic mass is 16.1. The molecule has 5 heteroatoms. The van der Waals surface area contributed by atoms with Gasteiger partial charge in [0, 0.05) is 32.4 Å². The van der Waals surface area contributed by atoms with Crippen LogP contribution >= 0.6 is 0 Å². The summed E-state index contributed by atoms with van der Waals surface area (Å²) in [7, 11) is 0. The van der Waals surface area contributed by atoms with Gasteiger partial charge in [0.2, 0.25) is 5.91 Å². The average molecular weight is 262 g/mol. The van der Waals surface area contributed by atoms with Gasteiger partial charge in [-0.25, -0.2) is 0 Å². The van der Waals surface area contributed by atoms with Crippen molar-refractivity contribution in [1.29, 1.82) is 0 Å². The van der Waals surface area contributed by atoms with Gasteiger partial charge >= 0.3 is 0 Å². The van der Waals surface area contributed by atoms with Crippen LogP contribution in [-0.4, -0.2) is 42.0 Å². The molecule has 19 heavy (non-hydrogen) atoms. The average Bonchev–Trinajstić information content (AvgIpc) is 2.46. The molecule has 1 aromatic heterocycles. The summed E-state index contributed by atoms with van der Waals surface area (Å²) in [6.45, 7) is 3.73. The Labute approximate surface area is 114 Å². The Morgan fingerprint density at radius 3 is 3.16 bits per heavy atom. The first kappa shape index (κ1) is 14.0. The number of likely N-dealkylation sites (tertiary alicyclic amines) is 1. The highest BCUT2D eigenvalue weighted by molar-refractivity contribution is 5.78. The molecule has 1 aromatic rings. The molecule has 0 radical (unpaired) electrons. The summed E-state index contributed by atoms with van der Waals surface area (Å²) >= 11 is 0. The lowest BCUT2D eigenvalue weighted by molar-refractivity contribution is -0.126. The standard InChI is InChI=1S/C14H22N4O/c15-6-8-17-14(19)12-4-3-9-18(10-12)11-13-5-1-2-7-16-13/h1-2,5,7,12H,3-4,6,8-11,15H2,(H,17,19). The summed E-state index contributed by atoms with van der Waals surface area (Å²) in [4.78, 5) is 18.6. The molecule has 1 saturated heterocycles. The summed E-state index contributed by atoms with van der Waals surface area (Å²) in [6.07, 6.45) is 3.84. The van der Waals surface area contributed by atoms with E-state index in [0.717, 1.165) is 38.2 Å². The van der Waals surface area contributed by atoms with Gasteiger partial charge in [0.15, 0.2) is 0 Å². The molecule has 0 bridgehead atoms. The molecule has 3 N–H and O–H groups in total. The molecule has 2 rings (SSSR count). The number of piperidine rings is 1. The molecule has 2 heterocycles. The molecule has 1 atom stereocenters. The van der Waals surface area contributed by atoms with Crippen LogP contribution in [0.15, 0.2) is 24.4 Å². The molecule has 0 aliphatic carbocycles. The third-order valence-electron chi connectivity index (χ3n) is 3.43. The third-order valence-corrected chi connectivity index (χ3v) is 3.43. The first-order valence-corrected chi connectivity index (χ1v) is 6.89. The minimum atomic E-state index is 0.0870. The van der Waals surface area contributed by atoms with Crippen molar-refractivity contribution in [2.45, 2.75) is 19.4 Å². The van der Waals surface area contributed by atoms with E-state index in [0.29, 0.717) is 13.1 Å². The van der Waals surface area contributed by atoms with Crippen molar-refractivity contribution < 1.29 is 4.79 Å². The molecule has 1 amide bonds. The van der Waals surface area contributed by atoms with Crippen LogP contribution < -0.4 is 11.1 Å². The van der Waals surface area contributed by atoms with Crippen LogP contribution in [0.4, 0.5) is 0 Å². The van der Waals surface area contributed by atoms with Crippen LogP contribution in [0, 0.1) is 5.92 Å². The Morgan fingerprint density at radius 1 is 1.53 bits per heavy atom. The summed E-state index contributed by atoms with van der Waals surface area (Å²) in [5.74, 6) is 0.222. The number of nitrogens with two attached hydrogens (primary N) is 1. The Bertz CT molecular complexity index is 396. The van der Waals surface area contributed by atoms with Crippen molar-refractivity contribution in [3.05, 3.63) is 30.1 Å². The largest absolute Gasteiger partial charge is 0.355 e. The second-order valence-electron chi connectivity index (χ2n) is 4.98. The van der Waals surface area contributed by atoms with E-state index in [1.54, 1.807) is 0 Å². The summed E-state index contributed by atoms with van der Waals surface area (Å²) in [5.41, 5.74) is 6.46. The van der Waals surface area contributed by atoms with Crippen molar-refractivity contribution in [2.75, 3.05) is 26.2 Å². The van der Waals surface area contributed by atoms with E-state index < -0.39 is 0 Å². The second kappa shape index (κ2) is 7.21. The Balaban J connectivity index is 1.85. The first-order chi connectivity index (χ1) is 9.29. The number of hydrogen-bond acceptors (Lipinski definition) is 4. The third kappa shape index (κ3) is 4.29. The number of nitrogens with zero attached hydrogens (tertiary/aromatic N) is 2. The number of amides is 1. The smallest absolute Gasteiger partial charge is 0.224 e. The van der Waals surface area contributed by atoms with Gasteiger partial charge in [-0.1, -0.05) is 6.07 Å². The highest BCUT2D eigenvalue weighted by Gasteiger charge is 2.25. The van der Waals surface area contributed by atoms with Crippen LogP contribution in [0.2, 0.25) is 0 Å². The molecule has 1 aliphatic rings. The number of pyridine rings is 1. The number of aromatic nitrogens is 1. The Hall–Kier alpha value is -1.46. The van der Waals surface area contributed by atoms with Crippen molar-refractivity contribution in [2.24, 2.45) is 11.7 Å². The summed E-state index contributed by atoms with van der Waals surface area (Å²) in [5, 5.41) is 2.88. The second-order valence-corrected chi connectivity index (χ2v) is 4.98. The van der Waals surface area contributed by atoms with E-state index in [1.807, 2.05) is 24.4 Å². The molecule has 1 unspecified atom stereocenters. The number of carbonyl (C=O) groups excluding carboxylic acids is 1. The fourth-order valence-corrected chi connectivity index (χ4v) is 2.47. The maximum Gasteiger partial charge on any atom is 0.224 e. The lowest BCUT2D eigenvalue weighted by Gasteiger charge is -2.31. The van der Waals surface area contributed by atoms with Crippen molar-refractivity contribution in [1.82, 2.24) is 15.2 Å². The van der Waals surface area contributed by atoms with Gasteiger partial charge in [-0.3, -0.25) is 14.7 Å². The monoisotopic (exact) mass is 262 g/mol.